The number of carbonyl (C=O) groups is 2. The Kier molecular flexibility index (Phi) is 4.92. The van der Waals surface area contributed by atoms with Gasteiger partial charge in [0.25, 0.3) is 0 Å². The second kappa shape index (κ2) is 6.22. The molecule has 1 unspecified atom stereocenters. The lowest BCUT2D eigenvalue weighted by Crippen LogP contribution is -2.50. The van der Waals surface area contributed by atoms with Gasteiger partial charge in [0.15, 0.2) is 0 Å². The topological polar surface area (TPSA) is 78.4 Å². The van der Waals surface area contributed by atoms with Gasteiger partial charge in [-0.15, -0.1) is 0 Å². The molecule has 0 aliphatic carbocycles. The lowest BCUT2D eigenvalue weighted by Gasteiger charge is -2.27. The van der Waals surface area contributed by atoms with Crippen molar-refractivity contribution in [1.82, 2.24) is 5.32 Å². The van der Waals surface area contributed by atoms with E-state index >= 15 is 0 Å². The summed E-state index contributed by atoms with van der Waals surface area (Å²) in [5.74, 6) is -1.37. The van der Waals surface area contributed by atoms with Gasteiger partial charge in [-0.2, -0.15) is 0 Å². The predicted octanol–water partition coefficient (Wildman–Crippen LogP) is 1.71. The van der Waals surface area contributed by atoms with Crippen LogP contribution in [0.4, 0.5) is 5.69 Å². The molecule has 1 rings (SSSR count). The van der Waals surface area contributed by atoms with Crippen molar-refractivity contribution >= 4 is 17.6 Å². The van der Waals surface area contributed by atoms with E-state index in [2.05, 4.69) is 10.6 Å². The molecule has 0 bridgehead atoms. The molecule has 0 aromatic heterocycles. The van der Waals surface area contributed by atoms with E-state index in [9.17, 15) is 9.59 Å². The predicted molar refractivity (Wildman–Crippen MR) is 74.0 cm³/mol. The number of anilines is 1. The molecule has 1 amide bonds. The van der Waals surface area contributed by atoms with Gasteiger partial charge in [0.2, 0.25) is 5.91 Å². The van der Waals surface area contributed by atoms with Crippen LogP contribution in [0, 0.1) is 5.41 Å². The molecule has 0 fully saturated rings. The summed E-state index contributed by atoms with van der Waals surface area (Å²) in [6.45, 7) is 5.37. The van der Waals surface area contributed by atoms with E-state index in [4.69, 9.17) is 5.11 Å². The first-order valence-corrected chi connectivity index (χ1v) is 6.12. The highest BCUT2D eigenvalue weighted by Gasteiger charge is 2.32. The maximum Gasteiger partial charge on any atom is 0.326 e. The third-order valence-corrected chi connectivity index (χ3v) is 2.65. The number of hydrogen-bond donors (Lipinski definition) is 3. The van der Waals surface area contributed by atoms with E-state index in [-0.39, 0.29) is 12.5 Å². The van der Waals surface area contributed by atoms with Crippen molar-refractivity contribution in [2.24, 2.45) is 5.41 Å². The normalized spacial score (nSPS) is 12.6. The van der Waals surface area contributed by atoms with Crippen LogP contribution in [-0.2, 0) is 9.59 Å². The summed E-state index contributed by atoms with van der Waals surface area (Å²) in [5.41, 5.74) is 0.286. The van der Waals surface area contributed by atoms with Gasteiger partial charge in [-0.3, -0.25) is 4.79 Å². The van der Waals surface area contributed by atoms with Gasteiger partial charge < -0.3 is 15.7 Å². The van der Waals surface area contributed by atoms with Crippen LogP contribution in [0.25, 0.3) is 0 Å². The average Bonchev–Trinajstić information content (AvgIpc) is 2.33. The van der Waals surface area contributed by atoms with Gasteiger partial charge in [0.1, 0.15) is 6.04 Å². The SMILES string of the molecule is CC(C)(C)C(NC(=O)CNc1ccccc1)C(=O)O. The van der Waals surface area contributed by atoms with Crippen molar-refractivity contribution in [2.75, 3.05) is 11.9 Å². The third kappa shape index (κ3) is 4.99. The molecule has 0 heterocycles. The van der Waals surface area contributed by atoms with Gasteiger partial charge in [-0.1, -0.05) is 39.0 Å². The number of carboxylic acids is 1. The number of carbonyl (C=O) groups excluding carboxylic acids is 1. The maximum atomic E-state index is 11.7. The van der Waals surface area contributed by atoms with E-state index in [1.807, 2.05) is 30.3 Å². The van der Waals surface area contributed by atoms with Crippen LogP contribution in [0.15, 0.2) is 30.3 Å². The summed E-state index contributed by atoms with van der Waals surface area (Å²) < 4.78 is 0. The zero-order valence-corrected chi connectivity index (χ0v) is 11.4. The lowest BCUT2D eigenvalue weighted by atomic mass is 9.87. The minimum atomic E-state index is -1.03. The quantitative estimate of drug-likeness (QED) is 0.756. The number of nitrogens with one attached hydrogen (secondary N) is 2. The van der Waals surface area contributed by atoms with Crippen molar-refractivity contribution in [3.8, 4) is 0 Å². The molecule has 0 radical (unpaired) electrons. The lowest BCUT2D eigenvalue weighted by molar-refractivity contribution is -0.144. The molecule has 104 valence electrons. The van der Waals surface area contributed by atoms with E-state index < -0.39 is 17.4 Å². The van der Waals surface area contributed by atoms with Gasteiger partial charge in [0, 0.05) is 5.69 Å². The van der Waals surface area contributed by atoms with E-state index in [1.54, 1.807) is 20.8 Å². The number of rotatable bonds is 5. The number of hydrogen-bond acceptors (Lipinski definition) is 3. The molecule has 5 heteroatoms. The second-order valence-corrected chi connectivity index (χ2v) is 5.42. The van der Waals surface area contributed by atoms with Crippen LogP contribution in [0.3, 0.4) is 0 Å². The number of amides is 1. The Morgan fingerprint density at radius 2 is 1.79 bits per heavy atom. The first kappa shape index (κ1) is 15.0. The highest BCUT2D eigenvalue weighted by atomic mass is 16.4. The van der Waals surface area contributed by atoms with Crippen molar-refractivity contribution in [3.63, 3.8) is 0 Å². The molecule has 1 atom stereocenters. The summed E-state index contributed by atoms with van der Waals surface area (Å²) in [5, 5.41) is 14.6. The van der Waals surface area contributed by atoms with Gasteiger partial charge >= 0.3 is 5.97 Å². The van der Waals surface area contributed by atoms with Crippen molar-refractivity contribution in [1.29, 1.82) is 0 Å². The minimum Gasteiger partial charge on any atom is -0.480 e. The molecule has 19 heavy (non-hydrogen) atoms. The van der Waals surface area contributed by atoms with E-state index in [1.165, 1.54) is 0 Å². The van der Waals surface area contributed by atoms with Crippen LogP contribution in [0.2, 0.25) is 0 Å². The fraction of sp³-hybridized carbons (Fsp3) is 0.429. The molecule has 3 N–H and O–H groups in total. The monoisotopic (exact) mass is 264 g/mol. The summed E-state index contributed by atoms with van der Waals surface area (Å²) >= 11 is 0. The van der Waals surface area contributed by atoms with Gasteiger partial charge in [-0.05, 0) is 17.5 Å². The van der Waals surface area contributed by atoms with E-state index in [0.29, 0.717) is 0 Å². The smallest absolute Gasteiger partial charge is 0.326 e. The van der Waals surface area contributed by atoms with Crippen molar-refractivity contribution < 1.29 is 14.7 Å². The molecule has 5 nitrogen and oxygen atoms in total. The second-order valence-electron chi connectivity index (χ2n) is 5.42. The minimum absolute atomic E-state index is 0.0455. The number of benzene rings is 1. The summed E-state index contributed by atoms with van der Waals surface area (Å²) in [4.78, 5) is 22.9. The maximum absolute atomic E-state index is 11.7. The summed E-state index contributed by atoms with van der Waals surface area (Å²) in [7, 11) is 0. The Morgan fingerprint density at radius 3 is 2.26 bits per heavy atom. The van der Waals surface area contributed by atoms with Crippen molar-refractivity contribution in [3.05, 3.63) is 30.3 Å². The van der Waals surface area contributed by atoms with Gasteiger partial charge in [0.05, 0.1) is 6.54 Å². The zero-order chi connectivity index (χ0) is 14.5. The Morgan fingerprint density at radius 1 is 1.21 bits per heavy atom. The Bertz CT molecular complexity index is 438. The Labute approximate surface area is 113 Å². The first-order valence-electron chi connectivity index (χ1n) is 6.12. The number of carboxylic acid groups (broad SMARTS) is 1. The zero-order valence-electron chi connectivity index (χ0n) is 11.4. The third-order valence-electron chi connectivity index (χ3n) is 2.65. The van der Waals surface area contributed by atoms with E-state index in [0.717, 1.165) is 5.69 Å². The molecule has 1 aromatic carbocycles. The fourth-order valence-electron chi connectivity index (χ4n) is 1.60. The first-order chi connectivity index (χ1) is 8.80. The standard InChI is InChI=1S/C14H20N2O3/c1-14(2,3)12(13(18)19)16-11(17)9-15-10-7-5-4-6-8-10/h4-8,12,15H,9H2,1-3H3,(H,16,17)(H,18,19). The number of aliphatic carboxylic acids is 1. The Balaban J connectivity index is 2.52. The number of para-hydroxylation sites is 1. The van der Waals surface area contributed by atoms with Crippen LogP contribution in [0.1, 0.15) is 20.8 Å². The molecular formula is C14H20N2O3. The molecule has 0 aliphatic rings. The van der Waals surface area contributed by atoms with Crippen LogP contribution in [-0.4, -0.2) is 29.6 Å². The molecule has 0 aliphatic heterocycles. The van der Waals surface area contributed by atoms with Crippen molar-refractivity contribution in [2.45, 2.75) is 26.8 Å². The highest BCUT2D eigenvalue weighted by molar-refractivity contribution is 5.86. The highest BCUT2D eigenvalue weighted by Crippen LogP contribution is 2.19. The molecule has 0 saturated heterocycles. The largest absolute Gasteiger partial charge is 0.480 e. The molecular weight excluding hydrogens is 244 g/mol. The summed E-state index contributed by atoms with van der Waals surface area (Å²) in [6.07, 6.45) is 0. The average molecular weight is 264 g/mol. The van der Waals surface area contributed by atoms with Crippen LogP contribution < -0.4 is 10.6 Å². The molecule has 1 aromatic rings. The van der Waals surface area contributed by atoms with Crippen LogP contribution >= 0.6 is 0 Å². The van der Waals surface area contributed by atoms with Crippen LogP contribution in [0.5, 0.6) is 0 Å². The Hall–Kier alpha value is -2.04. The molecule has 0 saturated carbocycles. The molecule has 0 spiro atoms. The fourth-order valence-corrected chi connectivity index (χ4v) is 1.60. The van der Waals surface area contributed by atoms with Gasteiger partial charge in [-0.25, -0.2) is 4.79 Å². The summed E-state index contributed by atoms with van der Waals surface area (Å²) in [6, 6.07) is 8.37.